The number of hydrogen-bond acceptors (Lipinski definition) is 10. The van der Waals surface area contributed by atoms with Crippen LogP contribution in [-0.2, 0) is 26.2 Å². The van der Waals surface area contributed by atoms with Crippen LogP contribution in [0.3, 0.4) is 0 Å². The molecule has 312 valence electrons. The summed E-state index contributed by atoms with van der Waals surface area (Å²) >= 11 is 0. The predicted molar refractivity (Wildman–Crippen MR) is 228 cm³/mol. The van der Waals surface area contributed by atoms with E-state index in [0.29, 0.717) is 42.2 Å². The van der Waals surface area contributed by atoms with Gasteiger partial charge in [0, 0.05) is 55.8 Å². The maximum atomic E-state index is 13.1. The first-order valence-electron chi connectivity index (χ1n) is 21.3. The molecule has 3 aliphatic carbocycles. The van der Waals surface area contributed by atoms with Crippen LogP contribution >= 0.6 is 0 Å². The molecule has 1 unspecified atom stereocenters. The molecule has 1 aliphatic heterocycles. The number of fused-ring (bicyclic) bond motifs is 2. The molecular formula is C46H63N7O5. The first-order chi connectivity index (χ1) is 27.8. The van der Waals surface area contributed by atoms with Crippen LogP contribution < -0.4 is 25.8 Å². The van der Waals surface area contributed by atoms with E-state index in [2.05, 4.69) is 58.1 Å². The first kappa shape index (κ1) is 40.4. The lowest BCUT2D eigenvalue weighted by Crippen LogP contribution is -2.50. The Morgan fingerprint density at radius 3 is 2.50 bits per heavy atom. The highest BCUT2D eigenvalue weighted by atomic mass is 16.8. The first-order valence-corrected chi connectivity index (χ1v) is 21.3. The molecule has 4 aliphatic rings. The second kappa shape index (κ2) is 16.3. The highest BCUT2D eigenvalue weighted by molar-refractivity contribution is 5.94. The van der Waals surface area contributed by atoms with Gasteiger partial charge in [-0.3, -0.25) is 9.69 Å². The van der Waals surface area contributed by atoms with Gasteiger partial charge in [-0.2, -0.15) is 0 Å². The molecule has 0 spiro atoms. The number of nitrogens with one attached hydrogen (secondary N) is 2. The zero-order valence-electron chi connectivity index (χ0n) is 35.4. The number of benzene rings is 2. The van der Waals surface area contributed by atoms with Crippen molar-refractivity contribution in [2.75, 3.05) is 43.7 Å². The number of hydrogen-bond donors (Lipinski definition) is 3. The zero-order valence-corrected chi connectivity index (χ0v) is 35.4. The van der Waals surface area contributed by atoms with Gasteiger partial charge in [-0.15, -0.1) is 0 Å². The molecule has 4 N–H and O–H groups in total. The summed E-state index contributed by atoms with van der Waals surface area (Å²) < 4.78 is 26.8. The highest BCUT2D eigenvalue weighted by Crippen LogP contribution is 2.49. The van der Waals surface area contributed by atoms with Crippen LogP contribution in [0.25, 0.3) is 11.0 Å². The number of carbonyl (C=O) groups excluding carboxylic acids is 1. The summed E-state index contributed by atoms with van der Waals surface area (Å²) in [6.45, 7) is 13.2. The molecule has 1 amide bonds. The van der Waals surface area contributed by atoms with Gasteiger partial charge in [0.2, 0.25) is 5.91 Å². The highest BCUT2D eigenvalue weighted by Gasteiger charge is 2.55. The number of anilines is 3. The number of nitrogens with zero attached hydrogens (tertiary/aromatic N) is 4. The van der Waals surface area contributed by atoms with E-state index in [-0.39, 0.29) is 29.6 Å². The number of ether oxygens (including phenoxy) is 4. The minimum absolute atomic E-state index is 0.00731. The van der Waals surface area contributed by atoms with Crippen LogP contribution in [-0.4, -0.2) is 76.7 Å². The molecular weight excluding hydrogens is 731 g/mol. The van der Waals surface area contributed by atoms with E-state index in [0.717, 1.165) is 84.2 Å². The Morgan fingerprint density at radius 1 is 0.983 bits per heavy atom. The monoisotopic (exact) mass is 793 g/mol. The summed E-state index contributed by atoms with van der Waals surface area (Å²) in [6.07, 6.45) is 12.3. The second-order valence-electron chi connectivity index (χ2n) is 18.7. The summed E-state index contributed by atoms with van der Waals surface area (Å²) in [7, 11) is 3.32. The summed E-state index contributed by atoms with van der Waals surface area (Å²) in [5.41, 5.74) is 10.6. The molecule has 0 radical (unpaired) electrons. The van der Waals surface area contributed by atoms with Gasteiger partial charge in [0.25, 0.3) is 0 Å². The SMILES string of the molecule is COc1ccc(CNc2ncnc3c2ccn3[C@@H]2CC(CN(CC3CCC3)[C@H]3C[C@@H](CCC(=O)Nc4cc(C(C)(C)C)ccc4N)C3)[C@H]3OC(C)(C)O[C@H]32)c(OC)c1. The van der Waals surface area contributed by atoms with Gasteiger partial charge in [0.15, 0.2) is 5.79 Å². The molecule has 4 aromatic rings. The van der Waals surface area contributed by atoms with E-state index in [4.69, 9.17) is 29.7 Å². The molecule has 58 heavy (non-hydrogen) atoms. The molecule has 2 aromatic heterocycles. The van der Waals surface area contributed by atoms with Crippen molar-refractivity contribution in [1.82, 2.24) is 19.4 Å². The molecule has 1 saturated heterocycles. The number of rotatable bonds is 15. The minimum Gasteiger partial charge on any atom is -0.497 e. The number of carbonyl (C=O) groups is 1. The van der Waals surface area contributed by atoms with Crippen molar-refractivity contribution in [2.45, 2.75) is 128 Å². The Balaban J connectivity index is 0.927. The van der Waals surface area contributed by atoms with E-state index in [9.17, 15) is 4.79 Å². The van der Waals surface area contributed by atoms with Crippen LogP contribution in [0.4, 0.5) is 17.2 Å². The summed E-state index contributed by atoms with van der Waals surface area (Å²) in [6, 6.07) is 14.5. The van der Waals surface area contributed by atoms with Crippen molar-refractivity contribution < 1.29 is 23.7 Å². The van der Waals surface area contributed by atoms with Gasteiger partial charge in [0.05, 0.1) is 43.1 Å². The largest absolute Gasteiger partial charge is 0.497 e. The lowest BCUT2D eigenvalue weighted by atomic mass is 9.75. The summed E-state index contributed by atoms with van der Waals surface area (Å²) in [4.78, 5) is 25.3. The molecule has 0 bridgehead atoms. The number of amides is 1. The van der Waals surface area contributed by atoms with Gasteiger partial charge in [-0.1, -0.05) is 33.3 Å². The third kappa shape index (κ3) is 8.51. The van der Waals surface area contributed by atoms with Crippen molar-refractivity contribution in [3.63, 3.8) is 0 Å². The van der Waals surface area contributed by atoms with Crippen molar-refractivity contribution in [3.05, 3.63) is 66.1 Å². The van der Waals surface area contributed by atoms with Gasteiger partial charge in [-0.05, 0) is 106 Å². The average Bonchev–Trinajstić information content (AvgIpc) is 3.82. The standard InChI is InChI=1S/C46H63N7O5/c1-45(2,3)32-13-15-36(47)37(22-32)51-40(54)16-11-29-19-33(20-29)52(25-28-9-8-10-28)26-31-21-38(42-41(31)57-46(4,5)58-42)53-18-17-35-43(49-27-50-44(35)53)48-24-30-12-14-34(55-6)23-39(30)56-7/h12-15,17-18,22-23,27-29,31,33,38,41-42H,8-11,16,19-21,24-26,47H2,1-7H3,(H,51,54)(H,48,49,50)/t29-,31?,33+,38-,41-,42+/m1/s1. The van der Waals surface area contributed by atoms with Gasteiger partial charge in [-0.25, -0.2) is 9.97 Å². The normalized spacial score (nSPS) is 25.3. The lowest BCUT2D eigenvalue weighted by Gasteiger charge is -2.46. The Hall–Kier alpha value is -4.39. The third-order valence-electron chi connectivity index (χ3n) is 13.2. The number of aromatic nitrogens is 3. The molecule has 4 fully saturated rings. The van der Waals surface area contributed by atoms with E-state index >= 15 is 0 Å². The minimum atomic E-state index is -0.659. The van der Waals surface area contributed by atoms with E-state index in [1.54, 1.807) is 20.5 Å². The van der Waals surface area contributed by atoms with E-state index in [1.807, 2.05) is 50.2 Å². The quantitative estimate of drug-likeness (QED) is 0.101. The molecule has 12 heteroatoms. The fourth-order valence-electron chi connectivity index (χ4n) is 9.66. The van der Waals surface area contributed by atoms with Crippen molar-refractivity contribution in [1.29, 1.82) is 0 Å². The van der Waals surface area contributed by atoms with Gasteiger partial charge < -0.3 is 39.9 Å². The van der Waals surface area contributed by atoms with Gasteiger partial charge >= 0.3 is 0 Å². The number of nitrogens with two attached hydrogens (primary N) is 1. The van der Waals surface area contributed by atoms with Crippen molar-refractivity contribution in [3.8, 4) is 11.5 Å². The van der Waals surface area contributed by atoms with E-state index in [1.165, 1.54) is 19.3 Å². The van der Waals surface area contributed by atoms with Crippen LogP contribution in [0.15, 0.2) is 55.0 Å². The number of nitrogen functional groups attached to an aromatic ring is 1. The Bertz CT molecular complexity index is 2080. The molecule has 12 nitrogen and oxygen atoms in total. The topological polar surface area (TPSA) is 138 Å². The van der Waals surface area contributed by atoms with Crippen molar-refractivity contribution in [2.24, 2.45) is 17.8 Å². The molecule has 3 saturated carbocycles. The molecule has 8 rings (SSSR count). The van der Waals surface area contributed by atoms with Crippen LogP contribution in [0.1, 0.15) is 103 Å². The van der Waals surface area contributed by atoms with Crippen LogP contribution in [0.2, 0.25) is 0 Å². The fraction of sp³-hybridized carbons (Fsp3) is 0.587. The lowest BCUT2D eigenvalue weighted by molar-refractivity contribution is -0.161. The Kier molecular flexibility index (Phi) is 11.4. The molecule has 3 heterocycles. The Labute approximate surface area is 343 Å². The zero-order chi connectivity index (χ0) is 40.8. The van der Waals surface area contributed by atoms with Gasteiger partial charge in [0.1, 0.15) is 35.4 Å². The number of methoxy groups -OCH3 is 2. The Morgan fingerprint density at radius 2 is 1.78 bits per heavy atom. The molecule has 4 atom stereocenters. The maximum Gasteiger partial charge on any atom is 0.224 e. The average molecular weight is 794 g/mol. The third-order valence-corrected chi connectivity index (χ3v) is 13.2. The summed E-state index contributed by atoms with van der Waals surface area (Å²) in [5.74, 6) is 3.30. The molecule has 2 aromatic carbocycles. The van der Waals surface area contributed by atoms with Crippen LogP contribution in [0, 0.1) is 17.8 Å². The van der Waals surface area contributed by atoms with Crippen LogP contribution in [0.5, 0.6) is 11.5 Å². The summed E-state index contributed by atoms with van der Waals surface area (Å²) in [5, 5.41) is 7.61. The smallest absolute Gasteiger partial charge is 0.224 e. The van der Waals surface area contributed by atoms with Crippen molar-refractivity contribution >= 4 is 34.1 Å². The fourth-order valence-corrected chi connectivity index (χ4v) is 9.66. The predicted octanol–water partition coefficient (Wildman–Crippen LogP) is 8.32. The maximum absolute atomic E-state index is 13.1. The van der Waals surface area contributed by atoms with E-state index < -0.39 is 5.79 Å². The second-order valence-corrected chi connectivity index (χ2v) is 18.7.